The van der Waals surface area contributed by atoms with Crippen LogP contribution in [0, 0.1) is 12.8 Å². The van der Waals surface area contributed by atoms with E-state index in [4.69, 9.17) is 4.74 Å². The van der Waals surface area contributed by atoms with E-state index in [1.807, 2.05) is 20.9 Å². The molecule has 1 rings (SSSR count). The van der Waals surface area contributed by atoms with Gasteiger partial charge in [-0.05, 0) is 26.2 Å². The predicted molar refractivity (Wildman–Crippen MR) is 76.3 cm³/mol. The molecule has 1 atom stereocenters. The molecule has 5 nitrogen and oxygen atoms in total. The molecule has 0 bridgehead atoms. The number of hydrogen-bond acceptors (Lipinski definition) is 4. The maximum Gasteiger partial charge on any atom is 0.216 e. The van der Waals surface area contributed by atoms with Crippen LogP contribution in [0.15, 0.2) is 0 Å². The second-order valence-corrected chi connectivity index (χ2v) is 5.90. The minimum Gasteiger partial charge on any atom is -0.481 e. The molecule has 0 radical (unpaired) electrons. The minimum absolute atomic E-state index is 0.478. The summed E-state index contributed by atoms with van der Waals surface area (Å²) in [7, 11) is 3.51. The van der Waals surface area contributed by atoms with Crippen LogP contribution in [0.2, 0.25) is 0 Å². The van der Waals surface area contributed by atoms with Gasteiger partial charge in [-0.15, -0.1) is 0 Å². The Kier molecular flexibility index (Phi) is 5.38. The zero-order valence-electron chi connectivity index (χ0n) is 12.9. The highest BCUT2D eigenvalue weighted by Gasteiger charge is 2.22. The van der Waals surface area contributed by atoms with Crippen LogP contribution in [0.25, 0.3) is 0 Å². The Morgan fingerprint density at radius 3 is 2.63 bits per heavy atom. The van der Waals surface area contributed by atoms with Crippen molar-refractivity contribution in [3.05, 3.63) is 11.3 Å². The third-order valence-corrected chi connectivity index (χ3v) is 3.14. The second kappa shape index (κ2) is 6.39. The van der Waals surface area contributed by atoms with Crippen molar-refractivity contribution in [2.45, 2.75) is 46.3 Å². The van der Waals surface area contributed by atoms with Gasteiger partial charge in [0.2, 0.25) is 5.88 Å². The molecule has 0 saturated carbocycles. The van der Waals surface area contributed by atoms with E-state index in [1.54, 1.807) is 11.8 Å². The Morgan fingerprint density at radius 2 is 2.11 bits per heavy atom. The molecule has 0 aromatic carbocycles. The van der Waals surface area contributed by atoms with Gasteiger partial charge in [0.05, 0.1) is 24.0 Å². The van der Waals surface area contributed by atoms with Crippen molar-refractivity contribution in [2.75, 3.05) is 13.7 Å². The van der Waals surface area contributed by atoms with E-state index in [1.165, 1.54) is 0 Å². The highest BCUT2D eigenvalue weighted by molar-refractivity contribution is 5.30. The molecule has 1 unspecified atom stereocenters. The molecule has 0 saturated heterocycles. The number of ether oxygens (including phenoxy) is 1. The van der Waals surface area contributed by atoms with Gasteiger partial charge < -0.3 is 15.2 Å². The summed E-state index contributed by atoms with van der Waals surface area (Å²) in [5.41, 5.74) is 1.32. The number of nitrogens with one attached hydrogen (secondary N) is 1. The van der Waals surface area contributed by atoms with E-state index in [0.717, 1.165) is 23.6 Å². The molecule has 0 spiro atoms. The zero-order valence-corrected chi connectivity index (χ0v) is 12.9. The summed E-state index contributed by atoms with van der Waals surface area (Å²) in [5, 5.41) is 17.9. The average Bonchev–Trinajstić information content (AvgIpc) is 2.51. The average molecular weight is 269 g/mol. The standard InChI is InChI=1S/C14H27N3O2/c1-10(2)7-14(4,18)9-15-8-12-11(3)16-17(5)13(12)19-6/h10,15,18H,7-9H2,1-6H3. The molecule has 1 heterocycles. The van der Waals surface area contributed by atoms with Crippen LogP contribution in [0.1, 0.15) is 38.4 Å². The Bertz CT molecular complexity index is 411. The number of aliphatic hydroxyl groups is 1. The summed E-state index contributed by atoms with van der Waals surface area (Å²) in [4.78, 5) is 0. The SMILES string of the molecule is COc1c(CNCC(C)(O)CC(C)C)c(C)nn1C. The van der Waals surface area contributed by atoms with Crippen LogP contribution in [-0.2, 0) is 13.6 Å². The van der Waals surface area contributed by atoms with E-state index in [-0.39, 0.29) is 0 Å². The quantitative estimate of drug-likeness (QED) is 0.790. The van der Waals surface area contributed by atoms with E-state index in [2.05, 4.69) is 24.3 Å². The van der Waals surface area contributed by atoms with Crippen LogP contribution in [0.3, 0.4) is 0 Å². The predicted octanol–water partition coefficient (Wildman–Crippen LogP) is 1.62. The van der Waals surface area contributed by atoms with Crippen LogP contribution in [0.4, 0.5) is 0 Å². The lowest BCUT2D eigenvalue weighted by Crippen LogP contribution is -2.38. The summed E-state index contributed by atoms with van der Waals surface area (Å²) in [6.45, 7) is 9.27. The van der Waals surface area contributed by atoms with Crippen molar-refractivity contribution in [2.24, 2.45) is 13.0 Å². The molecule has 0 aliphatic carbocycles. The van der Waals surface area contributed by atoms with Crippen molar-refractivity contribution in [1.29, 1.82) is 0 Å². The van der Waals surface area contributed by atoms with E-state index in [0.29, 0.717) is 19.0 Å². The lowest BCUT2D eigenvalue weighted by molar-refractivity contribution is 0.0382. The van der Waals surface area contributed by atoms with Crippen molar-refractivity contribution in [3.63, 3.8) is 0 Å². The first-order chi connectivity index (χ1) is 8.76. The molecule has 0 aliphatic heterocycles. The highest BCUT2D eigenvalue weighted by atomic mass is 16.5. The van der Waals surface area contributed by atoms with Crippen molar-refractivity contribution in [3.8, 4) is 5.88 Å². The second-order valence-electron chi connectivity index (χ2n) is 5.90. The molecule has 0 fully saturated rings. The van der Waals surface area contributed by atoms with Gasteiger partial charge in [0.1, 0.15) is 0 Å². The van der Waals surface area contributed by atoms with Crippen LogP contribution < -0.4 is 10.1 Å². The Hall–Kier alpha value is -1.07. The number of aromatic nitrogens is 2. The summed E-state index contributed by atoms with van der Waals surface area (Å²) >= 11 is 0. The van der Waals surface area contributed by atoms with E-state index in [9.17, 15) is 5.11 Å². The third-order valence-electron chi connectivity index (χ3n) is 3.14. The van der Waals surface area contributed by atoms with Gasteiger partial charge in [0.25, 0.3) is 0 Å². The third kappa shape index (κ3) is 4.51. The van der Waals surface area contributed by atoms with E-state index >= 15 is 0 Å². The molecule has 110 valence electrons. The van der Waals surface area contributed by atoms with Gasteiger partial charge in [0.15, 0.2) is 0 Å². The topological polar surface area (TPSA) is 59.3 Å². The van der Waals surface area contributed by atoms with E-state index < -0.39 is 5.60 Å². The maximum absolute atomic E-state index is 10.2. The largest absolute Gasteiger partial charge is 0.481 e. The van der Waals surface area contributed by atoms with Crippen LogP contribution in [0.5, 0.6) is 5.88 Å². The highest BCUT2D eigenvalue weighted by Crippen LogP contribution is 2.21. The molecular weight excluding hydrogens is 242 g/mol. The normalized spacial score (nSPS) is 14.7. The fourth-order valence-corrected chi connectivity index (χ4v) is 2.55. The first kappa shape index (κ1) is 16.0. The molecular formula is C14H27N3O2. The Morgan fingerprint density at radius 1 is 1.47 bits per heavy atom. The molecule has 1 aromatic heterocycles. The lowest BCUT2D eigenvalue weighted by Gasteiger charge is -2.25. The monoisotopic (exact) mass is 269 g/mol. The first-order valence-electron chi connectivity index (χ1n) is 6.76. The van der Waals surface area contributed by atoms with Gasteiger partial charge in [0, 0.05) is 20.1 Å². The van der Waals surface area contributed by atoms with Gasteiger partial charge in [-0.1, -0.05) is 13.8 Å². The van der Waals surface area contributed by atoms with Crippen molar-refractivity contribution >= 4 is 0 Å². The number of aryl methyl sites for hydroxylation is 2. The van der Waals surface area contributed by atoms with Crippen molar-refractivity contribution in [1.82, 2.24) is 15.1 Å². The molecule has 19 heavy (non-hydrogen) atoms. The van der Waals surface area contributed by atoms with Gasteiger partial charge in [-0.25, -0.2) is 4.68 Å². The van der Waals surface area contributed by atoms with Crippen molar-refractivity contribution < 1.29 is 9.84 Å². The summed E-state index contributed by atoms with van der Waals surface area (Å²) in [6, 6.07) is 0. The molecule has 2 N–H and O–H groups in total. The smallest absolute Gasteiger partial charge is 0.216 e. The Labute approximate surface area is 116 Å². The molecule has 0 aliphatic rings. The summed E-state index contributed by atoms with van der Waals surface area (Å²) in [6.07, 6.45) is 0.781. The van der Waals surface area contributed by atoms with Crippen LogP contribution >= 0.6 is 0 Å². The first-order valence-corrected chi connectivity index (χ1v) is 6.76. The van der Waals surface area contributed by atoms with Gasteiger partial charge >= 0.3 is 0 Å². The number of rotatable bonds is 7. The van der Waals surface area contributed by atoms with Gasteiger partial charge in [-0.2, -0.15) is 5.10 Å². The summed E-state index contributed by atoms with van der Waals surface area (Å²) < 4.78 is 7.08. The molecule has 5 heteroatoms. The summed E-state index contributed by atoms with van der Waals surface area (Å²) in [5.74, 6) is 1.25. The Balaban J connectivity index is 2.58. The maximum atomic E-state index is 10.2. The van der Waals surface area contributed by atoms with Crippen LogP contribution in [-0.4, -0.2) is 34.1 Å². The molecule has 1 aromatic rings. The zero-order chi connectivity index (χ0) is 14.6. The number of nitrogens with zero attached hydrogens (tertiary/aromatic N) is 2. The number of hydrogen-bond donors (Lipinski definition) is 2. The lowest BCUT2D eigenvalue weighted by atomic mass is 9.94. The minimum atomic E-state index is -0.683. The van der Waals surface area contributed by atoms with Gasteiger partial charge in [-0.3, -0.25) is 0 Å². The molecule has 0 amide bonds. The number of methoxy groups -OCH3 is 1. The fourth-order valence-electron chi connectivity index (χ4n) is 2.55. The fraction of sp³-hybridized carbons (Fsp3) is 0.786.